The fraction of sp³-hybridized carbons (Fsp3) is 0. The number of nitrogen functional groups attached to an aromatic ring is 1. The smallest absolute Gasteiger partial charge is 1.00 e. The van der Waals surface area contributed by atoms with Gasteiger partial charge in [-0.3, -0.25) is 9.11 Å². The number of hydrogen-bond donors (Lipinski definition) is 4. The molecule has 11 heteroatoms. The van der Waals surface area contributed by atoms with Crippen molar-refractivity contribution >= 4 is 36.7 Å². The molecule has 0 heterocycles. The number of hydrogen-bond acceptors (Lipinski definition) is 6. The molecule has 0 amide bonds. The van der Waals surface area contributed by atoms with Gasteiger partial charge in [-0.25, -0.2) is 0 Å². The van der Waals surface area contributed by atoms with E-state index >= 15 is 0 Å². The minimum absolute atomic E-state index is 0. The third kappa shape index (κ3) is 3.49. The van der Waals surface area contributed by atoms with E-state index in [1.807, 2.05) is 0 Å². The van der Waals surface area contributed by atoms with Crippen molar-refractivity contribution in [3.63, 3.8) is 0 Å². The molecule has 0 aromatic heterocycles. The first-order valence-electron chi connectivity index (χ1n) is 5.01. The summed E-state index contributed by atoms with van der Waals surface area (Å²) in [5.74, 6) is -0.510. The molecule has 0 aliphatic rings. The molecule has 8 nitrogen and oxygen atoms in total. The minimum Gasteiger partial charge on any atom is -1.00 e. The third-order valence-electron chi connectivity index (χ3n) is 2.61. The molecule has 0 saturated carbocycles. The summed E-state index contributed by atoms with van der Waals surface area (Å²) in [5.41, 5.74) is 5.14. The molecular formula is C10H10LiNO7S2. The molecule has 5 N–H and O–H groups in total. The molecule has 0 bridgehead atoms. The number of rotatable bonds is 2. The Balaban J connectivity index is 0.00000220. The second kappa shape index (κ2) is 5.49. The maximum Gasteiger partial charge on any atom is 1.00 e. The first kappa shape index (κ1) is 17.8. The summed E-state index contributed by atoms with van der Waals surface area (Å²) in [7, 11) is -9.18. The maximum absolute atomic E-state index is 11.1. The van der Waals surface area contributed by atoms with Crippen LogP contribution in [0.2, 0.25) is 0 Å². The zero-order valence-electron chi connectivity index (χ0n) is 11.7. The van der Waals surface area contributed by atoms with E-state index in [1.165, 1.54) is 0 Å². The molecule has 0 spiro atoms. The van der Waals surface area contributed by atoms with Crippen molar-refractivity contribution < 1.29 is 51.3 Å². The van der Waals surface area contributed by atoms with Crippen molar-refractivity contribution in [3.8, 4) is 5.75 Å². The van der Waals surface area contributed by atoms with Gasteiger partial charge in [0.1, 0.15) is 10.6 Å². The van der Waals surface area contributed by atoms with E-state index < -0.39 is 35.8 Å². The predicted octanol–water partition coefficient (Wildman–Crippen LogP) is -2.26. The molecule has 110 valence electrons. The molecule has 0 aliphatic carbocycles. The van der Waals surface area contributed by atoms with Crippen molar-refractivity contribution in [3.05, 3.63) is 24.3 Å². The van der Waals surface area contributed by atoms with Crippen molar-refractivity contribution in [1.29, 1.82) is 0 Å². The van der Waals surface area contributed by atoms with Gasteiger partial charge < -0.3 is 12.3 Å². The van der Waals surface area contributed by atoms with Crippen LogP contribution in [0.25, 0.3) is 10.8 Å². The normalized spacial score (nSPS) is 12.1. The van der Waals surface area contributed by atoms with Crippen LogP contribution in [0.3, 0.4) is 0 Å². The van der Waals surface area contributed by atoms with Gasteiger partial charge in [0.2, 0.25) is 0 Å². The average Bonchev–Trinajstić information content (AvgIpc) is 2.26. The first-order valence-corrected chi connectivity index (χ1v) is 7.89. The Kier molecular flexibility index (Phi) is 4.64. The van der Waals surface area contributed by atoms with E-state index in [1.54, 1.807) is 0 Å². The van der Waals surface area contributed by atoms with Crippen molar-refractivity contribution in [1.82, 2.24) is 0 Å². The summed E-state index contributed by atoms with van der Waals surface area (Å²) in [5, 5.41) is 9.73. The second-order valence-electron chi connectivity index (χ2n) is 4.00. The van der Waals surface area contributed by atoms with Gasteiger partial charge in [-0.15, -0.1) is 0 Å². The molecule has 0 unspecified atom stereocenters. The zero-order chi connectivity index (χ0) is 15.3. The van der Waals surface area contributed by atoms with Crippen LogP contribution >= 0.6 is 0 Å². The van der Waals surface area contributed by atoms with E-state index in [2.05, 4.69) is 0 Å². The van der Waals surface area contributed by atoms with Crippen LogP contribution in [0.1, 0.15) is 1.43 Å². The van der Waals surface area contributed by atoms with E-state index in [0.717, 1.165) is 24.3 Å². The van der Waals surface area contributed by atoms with Gasteiger partial charge in [0, 0.05) is 11.5 Å². The van der Waals surface area contributed by atoms with Crippen molar-refractivity contribution in [2.24, 2.45) is 0 Å². The number of aromatic hydroxyl groups is 1. The molecule has 21 heavy (non-hydrogen) atoms. The predicted molar refractivity (Wildman–Crippen MR) is 70.8 cm³/mol. The monoisotopic (exact) mass is 327 g/mol. The zero-order valence-corrected chi connectivity index (χ0v) is 12.3. The maximum atomic E-state index is 11.1. The van der Waals surface area contributed by atoms with Crippen LogP contribution in [-0.2, 0) is 20.2 Å². The summed E-state index contributed by atoms with van der Waals surface area (Å²) in [4.78, 5) is -1.24. The van der Waals surface area contributed by atoms with E-state index in [-0.39, 0.29) is 36.7 Å². The standard InChI is InChI=1S/C10H9NO7S2.Li.H/c11-8-4-7-5(2-10(8)20(16,17)18)1-6(3-9(7)12)19(13,14)15;;/h1-4,12H,11H2,(H,13,14,15)(H,16,17,18);;/q;+1;-1. The number of fused-ring (bicyclic) bond motifs is 1. The number of nitrogens with two attached hydrogens (primary N) is 1. The van der Waals surface area contributed by atoms with Gasteiger partial charge in [0.15, 0.2) is 0 Å². The second-order valence-corrected chi connectivity index (χ2v) is 6.82. The molecule has 2 aromatic carbocycles. The van der Waals surface area contributed by atoms with E-state index in [4.69, 9.17) is 14.8 Å². The Bertz CT molecular complexity index is 928. The summed E-state index contributed by atoms with van der Waals surface area (Å²) >= 11 is 0. The minimum atomic E-state index is -4.60. The van der Waals surface area contributed by atoms with Crippen LogP contribution in [0.4, 0.5) is 5.69 Å². The Morgan fingerprint density at radius 3 is 2.00 bits per heavy atom. The number of phenolic OH excluding ortho intramolecular Hbond substituents is 1. The quantitative estimate of drug-likeness (QED) is 0.273. The average molecular weight is 327 g/mol. The molecule has 2 rings (SSSR count). The van der Waals surface area contributed by atoms with E-state index in [0.29, 0.717) is 0 Å². The summed E-state index contributed by atoms with van der Waals surface area (Å²) < 4.78 is 62.2. The molecule has 0 radical (unpaired) electrons. The Labute approximate surface area is 133 Å². The molecule has 0 fully saturated rings. The number of phenols is 1. The van der Waals surface area contributed by atoms with Crippen LogP contribution in [0, 0.1) is 0 Å². The summed E-state index contributed by atoms with van der Waals surface area (Å²) in [6, 6.07) is 3.71. The summed E-state index contributed by atoms with van der Waals surface area (Å²) in [6.45, 7) is 0. The third-order valence-corrected chi connectivity index (χ3v) is 4.35. The van der Waals surface area contributed by atoms with Gasteiger partial charge in [-0.05, 0) is 23.6 Å². The summed E-state index contributed by atoms with van der Waals surface area (Å²) in [6.07, 6.45) is 0. The largest absolute Gasteiger partial charge is 1.00 e. The van der Waals surface area contributed by atoms with Gasteiger partial charge in [-0.2, -0.15) is 16.8 Å². The van der Waals surface area contributed by atoms with Gasteiger partial charge in [0.05, 0.1) is 10.6 Å². The molecular weight excluding hydrogens is 317 g/mol. The Morgan fingerprint density at radius 2 is 1.52 bits per heavy atom. The first-order chi connectivity index (χ1) is 9.00. The van der Waals surface area contributed by atoms with E-state index in [9.17, 15) is 21.9 Å². The molecule has 0 saturated heterocycles. The Hall–Kier alpha value is -1.28. The van der Waals surface area contributed by atoms with Gasteiger partial charge >= 0.3 is 18.9 Å². The number of benzene rings is 2. The SMILES string of the molecule is Nc1cc2c(O)cc(S(=O)(=O)O)cc2cc1S(=O)(=O)O.[H-].[Li+]. The molecule has 0 atom stereocenters. The van der Waals surface area contributed by atoms with Crippen LogP contribution in [0.15, 0.2) is 34.1 Å². The fourth-order valence-electron chi connectivity index (χ4n) is 1.73. The van der Waals surface area contributed by atoms with Crippen LogP contribution in [0.5, 0.6) is 5.75 Å². The van der Waals surface area contributed by atoms with Crippen LogP contribution < -0.4 is 24.6 Å². The van der Waals surface area contributed by atoms with Crippen molar-refractivity contribution in [2.75, 3.05) is 5.73 Å². The topological polar surface area (TPSA) is 155 Å². The van der Waals surface area contributed by atoms with Crippen molar-refractivity contribution in [2.45, 2.75) is 9.79 Å². The number of anilines is 1. The van der Waals surface area contributed by atoms with Gasteiger partial charge in [0.25, 0.3) is 20.2 Å². The molecule has 2 aromatic rings. The van der Waals surface area contributed by atoms with Gasteiger partial charge in [-0.1, -0.05) is 0 Å². The molecule has 0 aliphatic heterocycles. The Morgan fingerprint density at radius 1 is 0.952 bits per heavy atom. The fourth-order valence-corrected chi connectivity index (χ4v) is 2.90. The van der Waals surface area contributed by atoms with Crippen LogP contribution in [-0.4, -0.2) is 31.0 Å².